The van der Waals surface area contributed by atoms with Crippen LogP contribution in [0.25, 0.3) is 0 Å². The second kappa shape index (κ2) is 8.11. The Balaban J connectivity index is 3.12. The topological polar surface area (TPSA) is 68.6 Å². The Labute approximate surface area is 130 Å². The Morgan fingerprint density at radius 3 is 2.85 bits per heavy atom. The molecule has 0 bridgehead atoms. The predicted octanol–water partition coefficient (Wildman–Crippen LogP) is 2.95. The zero-order valence-corrected chi connectivity index (χ0v) is 13.4. The average Bonchev–Trinajstić information content (AvgIpc) is 2.42. The van der Waals surface area contributed by atoms with Gasteiger partial charge in [-0.3, -0.25) is 14.6 Å². The Hall–Kier alpha value is -1.27. The van der Waals surface area contributed by atoms with Gasteiger partial charge < -0.3 is 4.74 Å². The van der Waals surface area contributed by atoms with Crippen molar-refractivity contribution >= 4 is 45.5 Å². The van der Waals surface area contributed by atoms with Gasteiger partial charge in [-0.25, -0.2) is 4.98 Å². The van der Waals surface area contributed by atoms with E-state index in [4.69, 9.17) is 16.3 Å². The Bertz CT molecular complexity index is 534. The summed E-state index contributed by atoms with van der Waals surface area (Å²) in [5.74, 6) is -2.24. The van der Waals surface area contributed by atoms with Gasteiger partial charge >= 0.3 is 5.97 Å². The van der Waals surface area contributed by atoms with E-state index in [1.807, 2.05) is 0 Å². The van der Waals surface area contributed by atoms with E-state index in [9.17, 15) is 9.59 Å². The highest BCUT2D eigenvalue weighted by Gasteiger charge is 2.29. The van der Waals surface area contributed by atoms with E-state index in [1.54, 1.807) is 13.8 Å². The van der Waals surface area contributed by atoms with Crippen molar-refractivity contribution < 1.29 is 14.3 Å². The number of ether oxygens (including phenoxy) is 1. The number of carbonyl (C=O) groups excluding carboxylic acids is 2. The Kier molecular flexibility index (Phi) is 6.81. The number of carbonyl (C=O) groups is 2. The fraction of sp³-hybridized carbons (Fsp3) is 0.385. The number of esters is 1. The van der Waals surface area contributed by atoms with Gasteiger partial charge in [0.15, 0.2) is 11.7 Å². The lowest BCUT2D eigenvalue weighted by Gasteiger charge is -2.11. The van der Waals surface area contributed by atoms with Crippen LogP contribution >= 0.6 is 27.5 Å². The molecular weight excluding hydrogens is 348 g/mol. The maximum atomic E-state index is 12.4. The van der Waals surface area contributed by atoms with Gasteiger partial charge in [-0.05, 0) is 35.8 Å². The maximum absolute atomic E-state index is 12.4. The number of rotatable bonds is 6. The third kappa shape index (κ3) is 4.38. The Morgan fingerprint density at radius 1 is 1.55 bits per heavy atom. The molecule has 7 heteroatoms. The van der Waals surface area contributed by atoms with E-state index in [0.29, 0.717) is 11.0 Å². The van der Waals surface area contributed by atoms with Crippen molar-refractivity contribution in [2.45, 2.75) is 13.8 Å². The van der Waals surface area contributed by atoms with Gasteiger partial charge in [0, 0.05) is 23.4 Å². The third-order valence-electron chi connectivity index (χ3n) is 2.33. The molecule has 0 fully saturated rings. The van der Waals surface area contributed by atoms with E-state index >= 15 is 0 Å². The SMILES string of the molecule is CCN=CC(C(=O)OCC)C(=O)c1cc(Br)cnc1Cl. The molecule has 108 valence electrons. The van der Waals surface area contributed by atoms with E-state index < -0.39 is 17.7 Å². The molecule has 0 saturated carbocycles. The van der Waals surface area contributed by atoms with Crippen LogP contribution in [0.2, 0.25) is 5.15 Å². The molecule has 1 unspecified atom stereocenters. The van der Waals surface area contributed by atoms with Crippen molar-refractivity contribution in [1.82, 2.24) is 4.98 Å². The lowest BCUT2D eigenvalue weighted by Crippen LogP contribution is -2.28. The van der Waals surface area contributed by atoms with Crippen molar-refractivity contribution in [3.8, 4) is 0 Å². The fourth-order valence-electron chi connectivity index (χ4n) is 1.44. The van der Waals surface area contributed by atoms with E-state index in [-0.39, 0.29) is 17.3 Å². The first-order chi connectivity index (χ1) is 9.51. The first-order valence-electron chi connectivity index (χ1n) is 6.03. The van der Waals surface area contributed by atoms with Gasteiger partial charge in [-0.1, -0.05) is 11.6 Å². The number of pyridine rings is 1. The minimum absolute atomic E-state index is 0.0393. The second-order valence-corrected chi connectivity index (χ2v) is 5.01. The number of hydrogen-bond donors (Lipinski definition) is 0. The van der Waals surface area contributed by atoms with Crippen molar-refractivity contribution in [2.24, 2.45) is 10.9 Å². The van der Waals surface area contributed by atoms with Gasteiger partial charge in [0.25, 0.3) is 0 Å². The maximum Gasteiger partial charge on any atom is 0.322 e. The molecule has 1 rings (SSSR count). The largest absolute Gasteiger partial charge is 0.465 e. The molecule has 0 aromatic carbocycles. The summed E-state index contributed by atoms with van der Waals surface area (Å²) >= 11 is 9.11. The van der Waals surface area contributed by atoms with Crippen LogP contribution in [0.4, 0.5) is 0 Å². The summed E-state index contributed by atoms with van der Waals surface area (Å²) in [4.78, 5) is 32.1. The van der Waals surface area contributed by atoms with E-state index in [0.717, 1.165) is 0 Å². The summed E-state index contributed by atoms with van der Waals surface area (Å²) in [7, 11) is 0. The monoisotopic (exact) mass is 360 g/mol. The summed E-state index contributed by atoms with van der Waals surface area (Å²) in [6, 6.07) is 1.52. The minimum atomic E-state index is -1.11. The highest BCUT2D eigenvalue weighted by molar-refractivity contribution is 9.10. The normalized spacial score (nSPS) is 12.4. The molecule has 1 heterocycles. The molecule has 0 radical (unpaired) electrons. The lowest BCUT2D eigenvalue weighted by molar-refractivity contribution is -0.143. The van der Waals surface area contributed by atoms with Gasteiger partial charge in [0.1, 0.15) is 5.15 Å². The third-order valence-corrected chi connectivity index (χ3v) is 3.07. The van der Waals surface area contributed by atoms with Crippen LogP contribution in [0.5, 0.6) is 0 Å². The molecule has 20 heavy (non-hydrogen) atoms. The summed E-state index contributed by atoms with van der Waals surface area (Å²) in [6.45, 7) is 4.13. The molecule has 0 aliphatic rings. The van der Waals surface area contributed by atoms with E-state index in [2.05, 4.69) is 25.9 Å². The molecular formula is C13H14BrClN2O3. The molecule has 0 saturated heterocycles. The first-order valence-corrected chi connectivity index (χ1v) is 7.20. The van der Waals surface area contributed by atoms with Crippen LogP contribution in [0.3, 0.4) is 0 Å². The fourth-order valence-corrected chi connectivity index (χ4v) is 1.97. The van der Waals surface area contributed by atoms with Crippen molar-refractivity contribution in [1.29, 1.82) is 0 Å². The quantitative estimate of drug-likeness (QED) is 0.257. The van der Waals surface area contributed by atoms with Gasteiger partial charge in [0.05, 0.1) is 12.2 Å². The number of halogens is 2. The zero-order valence-electron chi connectivity index (χ0n) is 11.1. The number of nitrogens with zero attached hydrogens (tertiary/aromatic N) is 2. The average molecular weight is 362 g/mol. The van der Waals surface area contributed by atoms with Crippen molar-refractivity contribution in [3.63, 3.8) is 0 Å². The number of hydrogen-bond acceptors (Lipinski definition) is 5. The van der Waals surface area contributed by atoms with Crippen molar-refractivity contribution in [3.05, 3.63) is 27.5 Å². The van der Waals surface area contributed by atoms with Crippen LogP contribution in [0.1, 0.15) is 24.2 Å². The second-order valence-electron chi connectivity index (χ2n) is 3.73. The lowest BCUT2D eigenvalue weighted by atomic mass is 10.00. The predicted molar refractivity (Wildman–Crippen MR) is 80.4 cm³/mol. The molecule has 5 nitrogen and oxygen atoms in total. The van der Waals surface area contributed by atoms with Crippen molar-refractivity contribution in [2.75, 3.05) is 13.2 Å². The molecule has 0 aliphatic heterocycles. The van der Waals surface area contributed by atoms with Crippen LogP contribution in [0.15, 0.2) is 21.7 Å². The van der Waals surface area contributed by atoms with Gasteiger partial charge in [-0.15, -0.1) is 0 Å². The zero-order chi connectivity index (χ0) is 15.1. The van der Waals surface area contributed by atoms with Crippen LogP contribution < -0.4 is 0 Å². The summed E-state index contributed by atoms with van der Waals surface area (Å²) < 4.78 is 5.49. The van der Waals surface area contributed by atoms with E-state index in [1.165, 1.54) is 18.5 Å². The molecule has 0 aliphatic carbocycles. The smallest absolute Gasteiger partial charge is 0.322 e. The number of Topliss-reactive ketones (excluding diaryl/α,β-unsaturated/α-hetero) is 1. The summed E-state index contributed by atoms with van der Waals surface area (Å²) in [5.41, 5.74) is 0.154. The van der Waals surface area contributed by atoms with Crippen LogP contribution in [-0.4, -0.2) is 36.1 Å². The van der Waals surface area contributed by atoms with Gasteiger partial charge in [0.2, 0.25) is 0 Å². The van der Waals surface area contributed by atoms with Gasteiger partial charge in [-0.2, -0.15) is 0 Å². The molecule has 0 amide bonds. The molecule has 1 aromatic rings. The van der Waals surface area contributed by atoms with Crippen LogP contribution in [-0.2, 0) is 9.53 Å². The van der Waals surface area contributed by atoms with Crippen LogP contribution in [0, 0.1) is 5.92 Å². The Morgan fingerprint density at radius 2 is 2.25 bits per heavy atom. The number of ketones is 1. The standard InChI is InChI=1S/C13H14BrClN2O3/c1-3-16-7-10(13(19)20-4-2)11(18)9-5-8(14)6-17-12(9)15/h5-7,10H,3-4H2,1-2H3. The number of aromatic nitrogens is 1. The molecule has 0 spiro atoms. The highest BCUT2D eigenvalue weighted by Crippen LogP contribution is 2.21. The molecule has 1 aromatic heterocycles. The molecule has 1 atom stereocenters. The summed E-state index contributed by atoms with van der Waals surface area (Å²) in [6.07, 6.45) is 2.76. The number of aliphatic imine (C=N–C) groups is 1. The summed E-state index contributed by atoms with van der Waals surface area (Å²) in [5, 5.41) is 0.0393. The minimum Gasteiger partial charge on any atom is -0.465 e. The highest BCUT2D eigenvalue weighted by atomic mass is 79.9. The molecule has 0 N–H and O–H groups in total. The first kappa shape index (κ1) is 16.8.